The maximum absolute atomic E-state index is 13.3. The van der Waals surface area contributed by atoms with Crippen molar-refractivity contribution < 1.29 is 23.2 Å². The average molecular weight is 440 g/mol. The van der Waals surface area contributed by atoms with E-state index in [1.807, 2.05) is 6.07 Å². The Labute approximate surface area is 185 Å². The fraction of sp³-hybridized carbons (Fsp3) is 0.348. The summed E-state index contributed by atoms with van der Waals surface area (Å²) < 4.78 is 29.3. The number of piperidine rings is 1. The zero-order chi connectivity index (χ0) is 22.5. The normalized spacial score (nSPS) is 14.8. The van der Waals surface area contributed by atoms with Crippen molar-refractivity contribution in [2.45, 2.75) is 19.4 Å². The van der Waals surface area contributed by atoms with Gasteiger partial charge in [-0.1, -0.05) is 11.2 Å². The zero-order valence-corrected chi connectivity index (χ0v) is 18.0. The number of nitrogens with one attached hydrogen (secondary N) is 1. The predicted octanol–water partition coefficient (Wildman–Crippen LogP) is 3.74. The fourth-order valence-corrected chi connectivity index (χ4v) is 3.77. The van der Waals surface area contributed by atoms with Gasteiger partial charge >= 0.3 is 0 Å². The smallest absolute Gasteiger partial charge is 0.241 e. The molecule has 2 heterocycles. The Kier molecular flexibility index (Phi) is 6.65. The van der Waals surface area contributed by atoms with Gasteiger partial charge in [0.15, 0.2) is 11.5 Å². The highest BCUT2D eigenvalue weighted by atomic mass is 19.1. The maximum Gasteiger partial charge on any atom is 0.241 e. The number of hydrogen-bond donors (Lipinski definition) is 1. The highest BCUT2D eigenvalue weighted by molar-refractivity contribution is 5.92. The molecule has 32 heavy (non-hydrogen) atoms. The lowest BCUT2D eigenvalue weighted by Crippen LogP contribution is -2.37. The Morgan fingerprint density at radius 1 is 1.16 bits per heavy atom. The number of amides is 1. The molecule has 1 aromatic heterocycles. The van der Waals surface area contributed by atoms with Crippen LogP contribution in [0, 0.1) is 11.7 Å². The molecule has 4 rings (SSSR count). The van der Waals surface area contributed by atoms with Crippen LogP contribution in [0.1, 0.15) is 18.7 Å². The summed E-state index contributed by atoms with van der Waals surface area (Å²) >= 11 is 0. The largest absolute Gasteiger partial charge is 0.493 e. The number of benzene rings is 2. The van der Waals surface area contributed by atoms with Crippen molar-refractivity contribution in [3.63, 3.8) is 0 Å². The van der Waals surface area contributed by atoms with Crippen LogP contribution in [-0.4, -0.2) is 48.3 Å². The second-order valence-corrected chi connectivity index (χ2v) is 7.63. The second kappa shape index (κ2) is 9.78. The summed E-state index contributed by atoms with van der Waals surface area (Å²) in [6.07, 6.45) is 1.41. The second-order valence-electron chi connectivity index (χ2n) is 7.63. The molecule has 0 unspecified atom stereocenters. The van der Waals surface area contributed by atoms with Crippen LogP contribution in [0.4, 0.5) is 10.1 Å². The van der Waals surface area contributed by atoms with E-state index in [2.05, 4.69) is 20.4 Å². The molecular formula is C23H25FN4O4. The van der Waals surface area contributed by atoms with Crippen LogP contribution in [0.3, 0.4) is 0 Å². The molecule has 1 amide bonds. The van der Waals surface area contributed by atoms with E-state index in [1.54, 1.807) is 38.5 Å². The molecule has 0 radical (unpaired) electrons. The minimum atomic E-state index is -0.371. The lowest BCUT2D eigenvalue weighted by Gasteiger charge is -2.30. The molecule has 0 spiro atoms. The summed E-state index contributed by atoms with van der Waals surface area (Å²) in [6, 6.07) is 11.4. The number of aromatic nitrogens is 2. The van der Waals surface area contributed by atoms with Crippen LogP contribution in [-0.2, 0) is 11.3 Å². The number of anilines is 1. The van der Waals surface area contributed by atoms with E-state index >= 15 is 0 Å². The number of methoxy groups -OCH3 is 2. The Bertz CT molecular complexity index is 1080. The molecule has 1 fully saturated rings. The van der Waals surface area contributed by atoms with Gasteiger partial charge in [0, 0.05) is 17.2 Å². The molecule has 1 aliphatic rings. The van der Waals surface area contributed by atoms with Gasteiger partial charge < -0.3 is 19.3 Å². The topological polar surface area (TPSA) is 89.7 Å². The van der Waals surface area contributed by atoms with Gasteiger partial charge in [0.05, 0.1) is 20.8 Å². The fourth-order valence-electron chi connectivity index (χ4n) is 3.77. The molecule has 0 atom stereocenters. The van der Waals surface area contributed by atoms with E-state index < -0.39 is 0 Å². The Morgan fingerprint density at radius 3 is 2.66 bits per heavy atom. The molecule has 0 aliphatic carbocycles. The van der Waals surface area contributed by atoms with Crippen LogP contribution < -0.4 is 14.8 Å². The van der Waals surface area contributed by atoms with Gasteiger partial charge in [-0.2, -0.15) is 4.98 Å². The number of carbonyl (C=O) groups is 1. The first-order valence-corrected chi connectivity index (χ1v) is 10.4. The van der Waals surface area contributed by atoms with Crippen LogP contribution in [0.5, 0.6) is 11.5 Å². The maximum atomic E-state index is 13.3. The highest BCUT2D eigenvalue weighted by Crippen LogP contribution is 2.31. The van der Waals surface area contributed by atoms with Gasteiger partial charge in [0.2, 0.25) is 17.6 Å². The lowest BCUT2D eigenvalue weighted by atomic mass is 9.96. The van der Waals surface area contributed by atoms with E-state index in [9.17, 15) is 9.18 Å². The molecule has 168 valence electrons. The summed E-state index contributed by atoms with van der Waals surface area (Å²) in [6.45, 7) is 1.98. The number of hydrogen-bond acceptors (Lipinski definition) is 7. The molecule has 9 heteroatoms. The summed E-state index contributed by atoms with van der Waals surface area (Å²) in [5.74, 6) is 1.65. The van der Waals surface area contributed by atoms with Crippen molar-refractivity contribution in [3.8, 4) is 22.9 Å². The standard InChI is InChI=1S/C23H25FN4O4/c1-30-19-7-6-16(12-20(19)31-2)22-26-21(32-27-22)14-28-10-8-15(9-11-28)23(29)25-18-5-3-4-17(24)13-18/h3-7,12-13,15H,8-11,14H2,1-2H3,(H,25,29). The number of ether oxygens (including phenoxy) is 2. The third kappa shape index (κ3) is 5.05. The third-order valence-electron chi connectivity index (χ3n) is 5.52. The minimum Gasteiger partial charge on any atom is -0.493 e. The first kappa shape index (κ1) is 21.8. The highest BCUT2D eigenvalue weighted by Gasteiger charge is 2.26. The molecular weight excluding hydrogens is 415 g/mol. The summed E-state index contributed by atoms with van der Waals surface area (Å²) in [7, 11) is 3.16. The summed E-state index contributed by atoms with van der Waals surface area (Å²) in [4.78, 5) is 19.2. The number of rotatable bonds is 7. The van der Waals surface area contributed by atoms with Crippen LogP contribution in [0.25, 0.3) is 11.4 Å². The summed E-state index contributed by atoms with van der Waals surface area (Å²) in [5, 5.41) is 6.87. The molecule has 2 aromatic carbocycles. The van der Waals surface area contributed by atoms with Gasteiger partial charge in [-0.3, -0.25) is 9.69 Å². The first-order valence-electron chi connectivity index (χ1n) is 10.4. The molecule has 1 aliphatic heterocycles. The quantitative estimate of drug-likeness (QED) is 0.599. The number of nitrogens with zero attached hydrogens (tertiary/aromatic N) is 3. The molecule has 1 N–H and O–H groups in total. The van der Waals surface area contributed by atoms with Gasteiger partial charge in [0.1, 0.15) is 5.82 Å². The van der Waals surface area contributed by atoms with Gasteiger partial charge in [0.25, 0.3) is 0 Å². The van der Waals surface area contributed by atoms with Crippen molar-refractivity contribution in [1.82, 2.24) is 15.0 Å². The average Bonchev–Trinajstić information content (AvgIpc) is 3.27. The van der Waals surface area contributed by atoms with Crippen LogP contribution >= 0.6 is 0 Å². The molecule has 3 aromatic rings. The minimum absolute atomic E-state index is 0.0798. The van der Waals surface area contributed by atoms with Gasteiger partial charge in [-0.25, -0.2) is 4.39 Å². The molecule has 1 saturated heterocycles. The van der Waals surface area contributed by atoms with Gasteiger partial charge in [-0.15, -0.1) is 0 Å². The Hall–Kier alpha value is -3.46. The zero-order valence-electron chi connectivity index (χ0n) is 18.0. The van der Waals surface area contributed by atoms with Crippen molar-refractivity contribution in [2.24, 2.45) is 5.92 Å². The van der Waals surface area contributed by atoms with Crippen LogP contribution in [0.2, 0.25) is 0 Å². The van der Waals surface area contributed by atoms with Crippen molar-refractivity contribution >= 4 is 11.6 Å². The molecule has 0 bridgehead atoms. The third-order valence-corrected chi connectivity index (χ3v) is 5.52. The van der Waals surface area contributed by atoms with Crippen molar-refractivity contribution in [1.29, 1.82) is 0 Å². The van der Waals surface area contributed by atoms with E-state index in [0.29, 0.717) is 48.3 Å². The van der Waals surface area contributed by atoms with Gasteiger partial charge in [-0.05, 0) is 62.3 Å². The van der Waals surface area contributed by atoms with Crippen molar-refractivity contribution in [3.05, 3.63) is 54.2 Å². The number of likely N-dealkylation sites (tertiary alicyclic amines) is 1. The lowest BCUT2D eigenvalue weighted by molar-refractivity contribution is -0.121. The van der Waals surface area contributed by atoms with Crippen molar-refractivity contribution in [2.75, 3.05) is 32.6 Å². The molecule has 8 nitrogen and oxygen atoms in total. The van der Waals surface area contributed by atoms with E-state index in [4.69, 9.17) is 14.0 Å². The Morgan fingerprint density at radius 2 is 1.94 bits per heavy atom. The Balaban J connectivity index is 1.31. The van der Waals surface area contributed by atoms with E-state index in [-0.39, 0.29) is 17.6 Å². The number of halogens is 1. The number of carbonyl (C=O) groups excluding carboxylic acids is 1. The van der Waals surface area contributed by atoms with E-state index in [1.165, 1.54) is 12.1 Å². The molecule has 0 saturated carbocycles. The first-order chi connectivity index (χ1) is 15.6. The van der Waals surface area contributed by atoms with E-state index in [0.717, 1.165) is 18.7 Å². The van der Waals surface area contributed by atoms with Crippen LogP contribution in [0.15, 0.2) is 47.0 Å². The monoisotopic (exact) mass is 440 g/mol. The SMILES string of the molecule is COc1ccc(-c2noc(CN3CCC(C(=O)Nc4cccc(F)c4)CC3)n2)cc1OC. The predicted molar refractivity (Wildman–Crippen MR) is 116 cm³/mol. The summed E-state index contributed by atoms with van der Waals surface area (Å²) in [5.41, 5.74) is 1.25.